The Morgan fingerprint density at radius 1 is 1.05 bits per heavy atom. The maximum absolute atomic E-state index is 13.1. The third-order valence-corrected chi connectivity index (χ3v) is 7.16. The summed E-state index contributed by atoms with van der Waals surface area (Å²) < 4.78 is 5.14. The summed E-state index contributed by atoms with van der Waals surface area (Å²) in [7, 11) is 0. The number of anilines is 1. The minimum absolute atomic E-state index is 0.0288. The van der Waals surface area contributed by atoms with Gasteiger partial charge in [0.1, 0.15) is 11.1 Å². The average Bonchev–Trinajstić information content (AvgIpc) is 3.20. The lowest BCUT2D eigenvalue weighted by molar-refractivity contribution is -0.121. The molecule has 3 aromatic rings. The summed E-state index contributed by atoms with van der Waals surface area (Å²) >= 11 is 1.12. The van der Waals surface area contributed by atoms with E-state index in [1.165, 1.54) is 24.3 Å². The van der Waals surface area contributed by atoms with Crippen molar-refractivity contribution in [1.29, 1.82) is 5.26 Å². The van der Waals surface area contributed by atoms with Crippen LogP contribution in [0, 0.1) is 18.3 Å². The first-order valence-corrected chi connectivity index (χ1v) is 13.0. The number of carbonyl (C=O) groups is 4. The Morgan fingerprint density at radius 2 is 1.74 bits per heavy atom. The summed E-state index contributed by atoms with van der Waals surface area (Å²) in [5.41, 5.74) is 3.16. The van der Waals surface area contributed by atoms with Crippen molar-refractivity contribution in [2.24, 2.45) is 0 Å². The molecular weight excluding hydrogens is 502 g/mol. The van der Waals surface area contributed by atoms with Gasteiger partial charge >= 0.3 is 5.97 Å². The van der Waals surface area contributed by atoms with Gasteiger partial charge in [-0.1, -0.05) is 54.9 Å². The number of nitrogens with zero attached hydrogens (tertiary/aromatic N) is 3. The molecular formula is C29H25N3O5S. The van der Waals surface area contributed by atoms with E-state index in [1.54, 1.807) is 36.4 Å². The highest BCUT2D eigenvalue weighted by molar-refractivity contribution is 8.00. The van der Waals surface area contributed by atoms with E-state index in [2.05, 4.69) is 11.1 Å². The standard InChI is InChI=1S/C29H25N3O5S/c1-3-4-22-12-9-21(16-30)27(31-22)38-25-15-26(34)32(28(25)35)23-13-10-20(11-14-23)29(36)37-17-24(33)19-7-5-18(2)6-8-19/h5-14,25H,3-4,15,17H2,1-2H3. The van der Waals surface area contributed by atoms with Crippen LogP contribution in [-0.2, 0) is 20.7 Å². The molecule has 1 aliphatic rings. The molecule has 2 amide bonds. The van der Waals surface area contributed by atoms with Gasteiger partial charge in [-0.05, 0) is 49.7 Å². The van der Waals surface area contributed by atoms with Crippen LogP contribution in [-0.4, -0.2) is 40.4 Å². The molecule has 0 N–H and O–H groups in total. The Balaban J connectivity index is 1.41. The summed E-state index contributed by atoms with van der Waals surface area (Å²) in [6.07, 6.45) is 1.61. The van der Waals surface area contributed by atoms with Gasteiger partial charge in [0, 0.05) is 17.7 Å². The highest BCUT2D eigenvalue weighted by atomic mass is 32.2. The second-order valence-electron chi connectivity index (χ2n) is 8.81. The van der Waals surface area contributed by atoms with Gasteiger partial charge in [0.15, 0.2) is 12.4 Å². The molecule has 192 valence electrons. The topological polar surface area (TPSA) is 117 Å². The van der Waals surface area contributed by atoms with Crippen LogP contribution < -0.4 is 4.90 Å². The Labute approximate surface area is 224 Å². The predicted molar refractivity (Wildman–Crippen MR) is 142 cm³/mol. The second-order valence-corrected chi connectivity index (χ2v) is 10.00. The van der Waals surface area contributed by atoms with E-state index in [4.69, 9.17) is 4.74 Å². The minimum atomic E-state index is -0.712. The molecule has 9 heteroatoms. The van der Waals surface area contributed by atoms with E-state index >= 15 is 0 Å². The van der Waals surface area contributed by atoms with Crippen molar-refractivity contribution in [1.82, 2.24) is 4.98 Å². The number of amides is 2. The van der Waals surface area contributed by atoms with E-state index in [1.807, 2.05) is 13.8 Å². The maximum Gasteiger partial charge on any atom is 0.338 e. The van der Waals surface area contributed by atoms with Crippen LogP contribution >= 0.6 is 11.8 Å². The Bertz CT molecular complexity index is 1430. The molecule has 1 aliphatic heterocycles. The molecule has 0 radical (unpaired) electrons. The van der Waals surface area contributed by atoms with Crippen molar-refractivity contribution in [2.75, 3.05) is 11.5 Å². The van der Waals surface area contributed by atoms with Gasteiger partial charge in [-0.3, -0.25) is 14.4 Å². The first-order chi connectivity index (χ1) is 18.3. The number of nitriles is 1. The zero-order valence-corrected chi connectivity index (χ0v) is 21.8. The first kappa shape index (κ1) is 26.8. The van der Waals surface area contributed by atoms with Gasteiger partial charge in [0.05, 0.1) is 22.1 Å². The van der Waals surface area contributed by atoms with Crippen molar-refractivity contribution < 1.29 is 23.9 Å². The SMILES string of the molecule is CCCc1ccc(C#N)c(SC2CC(=O)N(c3ccc(C(=O)OCC(=O)c4ccc(C)cc4)cc3)C2=O)n1. The van der Waals surface area contributed by atoms with Crippen LogP contribution in [0.5, 0.6) is 0 Å². The van der Waals surface area contributed by atoms with Crippen molar-refractivity contribution in [3.63, 3.8) is 0 Å². The molecule has 1 fully saturated rings. The van der Waals surface area contributed by atoms with Crippen molar-refractivity contribution in [3.8, 4) is 6.07 Å². The molecule has 2 heterocycles. The number of rotatable bonds is 9. The van der Waals surface area contributed by atoms with E-state index < -0.39 is 23.7 Å². The predicted octanol–water partition coefficient (Wildman–Crippen LogP) is 4.68. The van der Waals surface area contributed by atoms with Crippen molar-refractivity contribution in [3.05, 3.63) is 88.6 Å². The van der Waals surface area contributed by atoms with Gasteiger partial charge in [-0.15, -0.1) is 0 Å². The summed E-state index contributed by atoms with van der Waals surface area (Å²) in [6.45, 7) is 3.54. The molecule has 2 aromatic carbocycles. The minimum Gasteiger partial charge on any atom is -0.454 e. The molecule has 0 aliphatic carbocycles. The van der Waals surface area contributed by atoms with Crippen molar-refractivity contribution in [2.45, 2.75) is 43.4 Å². The second kappa shape index (κ2) is 11.8. The molecule has 0 bridgehead atoms. The van der Waals surface area contributed by atoms with E-state index in [0.29, 0.717) is 21.8 Å². The zero-order chi connectivity index (χ0) is 27.2. The van der Waals surface area contributed by atoms with Gasteiger partial charge < -0.3 is 4.74 Å². The van der Waals surface area contributed by atoms with Gasteiger partial charge in [-0.25, -0.2) is 14.7 Å². The van der Waals surface area contributed by atoms with E-state index in [9.17, 15) is 24.4 Å². The normalized spacial score (nSPS) is 14.9. The summed E-state index contributed by atoms with van der Waals surface area (Å²) in [4.78, 5) is 56.2. The summed E-state index contributed by atoms with van der Waals surface area (Å²) in [5, 5.41) is 9.17. The highest BCUT2D eigenvalue weighted by Crippen LogP contribution is 2.35. The molecule has 4 rings (SSSR count). The number of hydrogen-bond donors (Lipinski definition) is 0. The number of hydrogen-bond acceptors (Lipinski definition) is 8. The number of ketones is 1. The number of ether oxygens (including phenoxy) is 1. The van der Waals surface area contributed by atoms with E-state index in [0.717, 1.165) is 40.8 Å². The van der Waals surface area contributed by atoms with Crippen molar-refractivity contribution >= 4 is 41.0 Å². The van der Waals surface area contributed by atoms with Crippen LogP contribution in [0.15, 0.2) is 65.7 Å². The molecule has 1 atom stereocenters. The molecule has 1 unspecified atom stereocenters. The zero-order valence-electron chi connectivity index (χ0n) is 21.0. The number of carbonyl (C=O) groups excluding carboxylic acids is 4. The number of aromatic nitrogens is 1. The first-order valence-electron chi connectivity index (χ1n) is 12.1. The fraction of sp³-hybridized carbons (Fsp3) is 0.241. The molecule has 0 saturated carbocycles. The van der Waals surface area contributed by atoms with Crippen LogP contribution in [0.3, 0.4) is 0 Å². The van der Waals surface area contributed by atoms with E-state index in [-0.39, 0.29) is 23.7 Å². The third-order valence-electron chi connectivity index (χ3n) is 5.97. The molecule has 0 spiro atoms. The Hall–Kier alpha value is -4.29. The number of imide groups is 1. The number of Topliss-reactive ketones (excluding diaryl/α,β-unsaturated/α-hetero) is 1. The lowest BCUT2D eigenvalue weighted by Gasteiger charge is -2.15. The quantitative estimate of drug-likeness (QED) is 0.224. The average molecular weight is 528 g/mol. The van der Waals surface area contributed by atoms with Crippen LogP contribution in [0.25, 0.3) is 0 Å². The molecule has 1 aromatic heterocycles. The largest absolute Gasteiger partial charge is 0.454 e. The van der Waals surface area contributed by atoms with Crippen LogP contribution in [0.4, 0.5) is 5.69 Å². The van der Waals surface area contributed by atoms with Crippen LogP contribution in [0.2, 0.25) is 0 Å². The highest BCUT2D eigenvalue weighted by Gasteiger charge is 2.40. The van der Waals surface area contributed by atoms with Gasteiger partial charge in [0.2, 0.25) is 11.8 Å². The number of thioether (sulfide) groups is 1. The monoisotopic (exact) mass is 527 g/mol. The molecule has 38 heavy (non-hydrogen) atoms. The number of pyridine rings is 1. The fourth-order valence-corrected chi connectivity index (χ4v) is 5.05. The van der Waals surface area contributed by atoms with Gasteiger partial charge in [-0.2, -0.15) is 5.26 Å². The van der Waals surface area contributed by atoms with Gasteiger partial charge in [0.25, 0.3) is 0 Å². The Kier molecular flexibility index (Phi) is 8.34. The summed E-state index contributed by atoms with van der Waals surface area (Å²) in [6, 6.07) is 18.4. The molecule has 8 nitrogen and oxygen atoms in total. The Morgan fingerprint density at radius 3 is 2.39 bits per heavy atom. The van der Waals surface area contributed by atoms with Crippen LogP contribution in [0.1, 0.15) is 57.3 Å². The lowest BCUT2D eigenvalue weighted by atomic mass is 10.1. The third kappa shape index (κ3) is 5.98. The lowest BCUT2D eigenvalue weighted by Crippen LogP contribution is -2.31. The fourth-order valence-electron chi connectivity index (χ4n) is 3.93. The number of esters is 1. The maximum atomic E-state index is 13.1. The molecule has 1 saturated heterocycles. The number of aryl methyl sites for hydroxylation is 2. The smallest absolute Gasteiger partial charge is 0.338 e. The number of benzene rings is 2. The summed E-state index contributed by atoms with van der Waals surface area (Å²) in [5.74, 6) is -1.80.